The third kappa shape index (κ3) is 6.95. The van der Waals surface area contributed by atoms with Gasteiger partial charge >= 0.3 is 0 Å². The van der Waals surface area contributed by atoms with Gasteiger partial charge in [0.1, 0.15) is 0 Å². The van der Waals surface area contributed by atoms with Crippen molar-refractivity contribution in [2.24, 2.45) is 0 Å². The molecule has 1 aliphatic rings. The molecule has 1 atom stereocenters. The number of hydrogen-bond acceptors (Lipinski definition) is 6. The molecule has 2 N–H and O–H groups in total. The van der Waals surface area contributed by atoms with Crippen molar-refractivity contribution < 1.29 is 14.1 Å². The van der Waals surface area contributed by atoms with E-state index in [2.05, 4.69) is 32.5 Å². The Morgan fingerprint density at radius 2 is 1.70 bits per heavy atom. The van der Waals surface area contributed by atoms with Crippen LogP contribution in [0.4, 0.5) is 5.88 Å². The molecule has 0 saturated carbocycles. The second kappa shape index (κ2) is 9.32. The second-order valence-corrected chi connectivity index (χ2v) is 8.30. The molecule has 8 nitrogen and oxygen atoms in total. The maximum atomic E-state index is 12.2. The smallest absolute Gasteiger partial charge is 0.240 e. The van der Waals surface area contributed by atoms with Crippen LogP contribution in [0.2, 0.25) is 0 Å². The van der Waals surface area contributed by atoms with Gasteiger partial charge in [0.15, 0.2) is 0 Å². The minimum absolute atomic E-state index is 0.0653. The molecular formula is C19H33N5O3. The van der Waals surface area contributed by atoms with Crippen molar-refractivity contribution in [2.45, 2.75) is 52.5 Å². The second-order valence-electron chi connectivity index (χ2n) is 8.30. The van der Waals surface area contributed by atoms with Crippen LogP contribution in [-0.2, 0) is 15.0 Å². The Hall–Kier alpha value is -1.93. The van der Waals surface area contributed by atoms with Gasteiger partial charge in [-0.25, -0.2) is 0 Å². The minimum atomic E-state index is -0.121. The molecule has 1 saturated heterocycles. The van der Waals surface area contributed by atoms with Gasteiger partial charge in [-0.3, -0.25) is 24.7 Å². The first-order valence-electron chi connectivity index (χ1n) is 9.68. The van der Waals surface area contributed by atoms with Crippen LogP contribution in [0.1, 0.15) is 46.7 Å². The summed E-state index contributed by atoms with van der Waals surface area (Å²) in [5.74, 6) is 0.329. The van der Waals surface area contributed by atoms with E-state index in [4.69, 9.17) is 4.52 Å². The van der Waals surface area contributed by atoms with Crippen LogP contribution in [-0.4, -0.2) is 72.1 Å². The van der Waals surface area contributed by atoms with Crippen molar-refractivity contribution in [2.75, 3.05) is 44.6 Å². The number of rotatable bonds is 7. The summed E-state index contributed by atoms with van der Waals surface area (Å²) in [5, 5.41) is 9.75. The van der Waals surface area contributed by atoms with Crippen LogP contribution in [0.15, 0.2) is 10.6 Å². The van der Waals surface area contributed by atoms with E-state index in [1.54, 1.807) is 6.07 Å². The normalized spacial score (nSPS) is 17.5. The monoisotopic (exact) mass is 379 g/mol. The van der Waals surface area contributed by atoms with Crippen molar-refractivity contribution in [3.63, 3.8) is 0 Å². The summed E-state index contributed by atoms with van der Waals surface area (Å²) >= 11 is 0. The highest BCUT2D eigenvalue weighted by Crippen LogP contribution is 2.23. The summed E-state index contributed by atoms with van der Waals surface area (Å²) in [5.41, 5.74) is 0.686. The quantitative estimate of drug-likeness (QED) is 0.745. The van der Waals surface area contributed by atoms with Gasteiger partial charge in [-0.05, 0) is 13.3 Å². The van der Waals surface area contributed by atoms with Crippen molar-refractivity contribution in [1.29, 1.82) is 0 Å². The number of carbonyl (C=O) groups is 2. The summed E-state index contributed by atoms with van der Waals surface area (Å²) in [6.45, 7) is 14.0. The van der Waals surface area contributed by atoms with Gasteiger partial charge in [-0.1, -0.05) is 32.9 Å². The highest BCUT2D eigenvalue weighted by molar-refractivity contribution is 5.91. The zero-order valence-corrected chi connectivity index (χ0v) is 17.2. The van der Waals surface area contributed by atoms with E-state index >= 15 is 0 Å². The zero-order valence-electron chi connectivity index (χ0n) is 17.2. The van der Waals surface area contributed by atoms with Crippen LogP contribution >= 0.6 is 0 Å². The van der Waals surface area contributed by atoms with Gasteiger partial charge in [0.2, 0.25) is 17.7 Å². The third-order valence-corrected chi connectivity index (χ3v) is 4.76. The number of nitrogens with zero attached hydrogens (tertiary/aromatic N) is 3. The lowest BCUT2D eigenvalue weighted by atomic mass is 9.92. The lowest BCUT2D eigenvalue weighted by Gasteiger charge is -2.33. The summed E-state index contributed by atoms with van der Waals surface area (Å²) < 4.78 is 5.20. The molecule has 0 aromatic carbocycles. The van der Waals surface area contributed by atoms with E-state index in [9.17, 15) is 9.59 Å². The van der Waals surface area contributed by atoms with E-state index in [0.29, 0.717) is 19.0 Å². The fraction of sp³-hybridized carbons (Fsp3) is 0.737. The first kappa shape index (κ1) is 21.4. The Labute approximate surface area is 161 Å². The molecule has 1 fully saturated rings. The molecule has 1 aromatic rings. The molecule has 1 aliphatic heterocycles. The molecule has 0 spiro atoms. The average Bonchev–Trinajstić information content (AvgIpc) is 3.05. The number of amides is 2. The van der Waals surface area contributed by atoms with Crippen LogP contribution in [0.25, 0.3) is 0 Å². The molecule has 0 aliphatic carbocycles. The highest BCUT2D eigenvalue weighted by Gasteiger charge is 2.23. The molecule has 152 valence electrons. The SMILES string of the molecule is CCC(C)NC(=O)CN1CCN(CC(=O)Nc2cc(C(C)(C)C)no2)CC1. The fourth-order valence-electron chi connectivity index (χ4n) is 2.80. The molecule has 27 heavy (non-hydrogen) atoms. The lowest BCUT2D eigenvalue weighted by Crippen LogP contribution is -2.51. The fourth-order valence-corrected chi connectivity index (χ4v) is 2.80. The average molecular weight is 380 g/mol. The molecule has 2 heterocycles. The van der Waals surface area contributed by atoms with E-state index in [1.165, 1.54) is 0 Å². The van der Waals surface area contributed by atoms with Gasteiger partial charge in [-0.2, -0.15) is 0 Å². The van der Waals surface area contributed by atoms with Crippen molar-refractivity contribution in [1.82, 2.24) is 20.3 Å². The maximum absolute atomic E-state index is 12.2. The lowest BCUT2D eigenvalue weighted by molar-refractivity contribution is -0.124. The van der Waals surface area contributed by atoms with Crippen molar-refractivity contribution in [3.8, 4) is 0 Å². The molecule has 1 unspecified atom stereocenters. The third-order valence-electron chi connectivity index (χ3n) is 4.76. The Balaban J connectivity index is 1.71. The number of anilines is 1. The molecule has 2 amide bonds. The first-order chi connectivity index (χ1) is 12.7. The predicted molar refractivity (Wildman–Crippen MR) is 105 cm³/mol. The summed E-state index contributed by atoms with van der Waals surface area (Å²) in [7, 11) is 0. The number of nitrogens with one attached hydrogen (secondary N) is 2. The minimum Gasteiger partial charge on any atom is -0.353 e. The number of aromatic nitrogens is 1. The first-order valence-corrected chi connectivity index (χ1v) is 9.68. The summed E-state index contributed by atoms with van der Waals surface area (Å²) in [4.78, 5) is 28.4. The van der Waals surface area contributed by atoms with Gasteiger partial charge in [0.25, 0.3) is 0 Å². The van der Waals surface area contributed by atoms with Crippen molar-refractivity contribution in [3.05, 3.63) is 11.8 Å². The van der Waals surface area contributed by atoms with Gasteiger partial charge in [0.05, 0.1) is 18.8 Å². The Morgan fingerprint density at radius 1 is 1.15 bits per heavy atom. The van der Waals surface area contributed by atoms with Crippen molar-refractivity contribution >= 4 is 17.7 Å². The van der Waals surface area contributed by atoms with Gasteiger partial charge in [-0.15, -0.1) is 0 Å². The molecular weight excluding hydrogens is 346 g/mol. The summed E-state index contributed by atoms with van der Waals surface area (Å²) in [6, 6.07) is 1.98. The Morgan fingerprint density at radius 3 is 2.19 bits per heavy atom. The van der Waals surface area contributed by atoms with Crippen LogP contribution in [0.3, 0.4) is 0 Å². The predicted octanol–water partition coefficient (Wildman–Crippen LogP) is 1.44. The van der Waals surface area contributed by atoms with Gasteiger partial charge < -0.3 is 9.84 Å². The highest BCUT2D eigenvalue weighted by atomic mass is 16.5. The van der Waals surface area contributed by atoms with Crippen LogP contribution < -0.4 is 10.6 Å². The number of piperazine rings is 1. The maximum Gasteiger partial charge on any atom is 0.240 e. The van der Waals surface area contributed by atoms with E-state index in [-0.39, 0.29) is 23.3 Å². The van der Waals surface area contributed by atoms with E-state index in [1.807, 2.05) is 27.7 Å². The Bertz CT molecular complexity index is 630. The van der Waals surface area contributed by atoms with Crippen LogP contribution in [0.5, 0.6) is 0 Å². The molecule has 1 aromatic heterocycles. The summed E-state index contributed by atoms with van der Waals surface area (Å²) in [6.07, 6.45) is 0.928. The van der Waals surface area contributed by atoms with E-state index in [0.717, 1.165) is 38.3 Å². The van der Waals surface area contributed by atoms with Crippen LogP contribution in [0, 0.1) is 0 Å². The number of hydrogen-bond donors (Lipinski definition) is 2. The topological polar surface area (TPSA) is 90.7 Å². The largest absolute Gasteiger partial charge is 0.353 e. The van der Waals surface area contributed by atoms with E-state index < -0.39 is 0 Å². The zero-order chi connectivity index (χ0) is 20.0. The standard InChI is InChI=1S/C19H33N5O3/c1-6-14(2)20-16(25)12-23-7-9-24(10-8-23)13-17(26)21-18-11-15(22-27-18)19(3,4)5/h11,14H,6-10,12-13H2,1-5H3,(H,20,25)(H,21,26). The molecule has 0 bridgehead atoms. The Kier molecular flexibility index (Phi) is 7.38. The van der Waals surface area contributed by atoms with Gasteiger partial charge in [0, 0.05) is 43.7 Å². The number of carbonyl (C=O) groups excluding carboxylic acids is 2. The molecule has 8 heteroatoms. The molecule has 0 radical (unpaired) electrons. The molecule has 2 rings (SSSR count).